The van der Waals surface area contributed by atoms with Crippen LogP contribution in [0.25, 0.3) is 5.52 Å². The Kier molecular flexibility index (Phi) is 2.87. The number of morpholine rings is 1. The van der Waals surface area contributed by atoms with Crippen LogP contribution in [0, 0.1) is 6.92 Å². The normalized spacial score (nSPS) is 20.9. The molecule has 0 aromatic carbocycles. The molecule has 0 radical (unpaired) electrons. The summed E-state index contributed by atoms with van der Waals surface area (Å²) in [5.74, 6) is 0. The first kappa shape index (κ1) is 10.8. The van der Waals surface area contributed by atoms with Crippen LogP contribution in [0.1, 0.15) is 11.3 Å². The van der Waals surface area contributed by atoms with Gasteiger partial charge in [-0.05, 0) is 30.7 Å². The van der Waals surface area contributed by atoms with Crippen molar-refractivity contribution in [1.82, 2.24) is 9.72 Å². The number of fused-ring (bicyclic) bond motifs is 1. The van der Waals surface area contributed by atoms with Crippen LogP contribution in [0.4, 0.5) is 0 Å². The van der Waals surface area contributed by atoms with Gasteiger partial charge in [-0.3, -0.25) is 0 Å². The third-order valence-electron chi connectivity index (χ3n) is 3.44. The number of nitrogens with zero attached hydrogens (tertiary/aromatic N) is 1. The Morgan fingerprint density at radius 3 is 3.24 bits per heavy atom. The van der Waals surface area contributed by atoms with Crippen LogP contribution in [0.5, 0.6) is 0 Å². The molecule has 1 fully saturated rings. The third-order valence-corrected chi connectivity index (χ3v) is 3.44. The molecule has 0 spiro atoms. The second kappa shape index (κ2) is 4.51. The van der Waals surface area contributed by atoms with Crippen molar-refractivity contribution in [1.29, 1.82) is 0 Å². The summed E-state index contributed by atoms with van der Waals surface area (Å²) in [5.41, 5.74) is 4.03. The maximum Gasteiger partial charge on any atom is 0.0624 e. The molecule has 1 aliphatic rings. The largest absolute Gasteiger partial charge is 0.379 e. The van der Waals surface area contributed by atoms with Crippen LogP contribution in [-0.2, 0) is 11.2 Å². The van der Waals surface area contributed by atoms with Gasteiger partial charge < -0.3 is 14.5 Å². The van der Waals surface area contributed by atoms with Crippen molar-refractivity contribution in [2.24, 2.45) is 0 Å². The highest BCUT2D eigenvalue weighted by molar-refractivity contribution is 5.53. The molecule has 2 aromatic heterocycles. The minimum atomic E-state index is 0.445. The van der Waals surface area contributed by atoms with Crippen LogP contribution < -0.4 is 5.32 Å². The van der Waals surface area contributed by atoms with Crippen molar-refractivity contribution in [3.63, 3.8) is 0 Å². The molecule has 90 valence electrons. The van der Waals surface area contributed by atoms with Gasteiger partial charge in [-0.2, -0.15) is 0 Å². The van der Waals surface area contributed by atoms with Gasteiger partial charge in [0.05, 0.1) is 13.2 Å². The molecular formula is C14H18N2O. The molecule has 0 saturated carbocycles. The lowest BCUT2D eigenvalue weighted by molar-refractivity contribution is 0.0766. The molecule has 1 unspecified atom stereocenters. The van der Waals surface area contributed by atoms with Crippen LogP contribution in [-0.4, -0.2) is 30.2 Å². The summed E-state index contributed by atoms with van der Waals surface area (Å²) in [4.78, 5) is 0. The molecular weight excluding hydrogens is 212 g/mol. The van der Waals surface area contributed by atoms with Gasteiger partial charge in [-0.1, -0.05) is 6.07 Å². The minimum Gasteiger partial charge on any atom is -0.379 e. The van der Waals surface area contributed by atoms with E-state index in [2.05, 4.69) is 47.1 Å². The van der Waals surface area contributed by atoms with E-state index in [4.69, 9.17) is 4.74 Å². The molecule has 1 saturated heterocycles. The maximum absolute atomic E-state index is 5.51. The number of hydrogen-bond acceptors (Lipinski definition) is 2. The zero-order valence-electron chi connectivity index (χ0n) is 10.1. The molecule has 17 heavy (non-hydrogen) atoms. The fourth-order valence-corrected chi connectivity index (χ4v) is 2.56. The second-order valence-corrected chi connectivity index (χ2v) is 4.70. The van der Waals surface area contributed by atoms with Gasteiger partial charge in [0.15, 0.2) is 0 Å². The number of hydrogen-bond donors (Lipinski definition) is 1. The SMILES string of the molecule is Cc1cc2ccccn2c1CC1COCCN1. The lowest BCUT2D eigenvalue weighted by Crippen LogP contribution is -2.42. The first-order chi connectivity index (χ1) is 8.34. The highest BCUT2D eigenvalue weighted by Gasteiger charge is 2.16. The molecule has 1 N–H and O–H groups in total. The Morgan fingerprint density at radius 1 is 1.47 bits per heavy atom. The summed E-state index contributed by atoms with van der Waals surface area (Å²) < 4.78 is 7.79. The topological polar surface area (TPSA) is 25.7 Å². The summed E-state index contributed by atoms with van der Waals surface area (Å²) >= 11 is 0. The number of pyridine rings is 1. The fourth-order valence-electron chi connectivity index (χ4n) is 2.56. The summed E-state index contributed by atoms with van der Waals surface area (Å²) in [5, 5.41) is 3.51. The fraction of sp³-hybridized carbons (Fsp3) is 0.429. The van der Waals surface area contributed by atoms with E-state index < -0.39 is 0 Å². The van der Waals surface area contributed by atoms with Crippen LogP contribution in [0.3, 0.4) is 0 Å². The van der Waals surface area contributed by atoms with Crippen molar-refractivity contribution < 1.29 is 4.74 Å². The first-order valence-corrected chi connectivity index (χ1v) is 6.21. The molecule has 3 nitrogen and oxygen atoms in total. The number of rotatable bonds is 2. The molecule has 3 rings (SSSR count). The van der Waals surface area contributed by atoms with Crippen molar-refractivity contribution in [3.8, 4) is 0 Å². The minimum absolute atomic E-state index is 0.445. The average Bonchev–Trinajstić information content (AvgIpc) is 2.68. The molecule has 0 bridgehead atoms. The van der Waals surface area contributed by atoms with Gasteiger partial charge in [0.1, 0.15) is 0 Å². The standard InChI is InChI=1S/C14H18N2O/c1-11-8-13-4-2-3-6-16(13)14(11)9-12-10-17-7-5-15-12/h2-4,6,8,12,15H,5,7,9-10H2,1H3. The molecule has 0 amide bonds. The number of aryl methyl sites for hydroxylation is 1. The van der Waals surface area contributed by atoms with E-state index in [1.807, 2.05) is 0 Å². The number of ether oxygens (including phenoxy) is 1. The summed E-state index contributed by atoms with van der Waals surface area (Å²) in [6.45, 7) is 4.81. The molecule has 0 aliphatic carbocycles. The smallest absolute Gasteiger partial charge is 0.0624 e. The van der Waals surface area contributed by atoms with E-state index in [9.17, 15) is 0 Å². The van der Waals surface area contributed by atoms with E-state index in [-0.39, 0.29) is 0 Å². The third kappa shape index (κ3) is 2.08. The van der Waals surface area contributed by atoms with Gasteiger partial charge >= 0.3 is 0 Å². The van der Waals surface area contributed by atoms with E-state index in [0.29, 0.717) is 6.04 Å². The average molecular weight is 230 g/mol. The Hall–Kier alpha value is -1.32. The molecule has 1 aliphatic heterocycles. The van der Waals surface area contributed by atoms with E-state index in [1.54, 1.807) is 0 Å². The highest BCUT2D eigenvalue weighted by atomic mass is 16.5. The van der Waals surface area contributed by atoms with Gasteiger partial charge in [-0.25, -0.2) is 0 Å². The van der Waals surface area contributed by atoms with Gasteiger partial charge in [0.25, 0.3) is 0 Å². The van der Waals surface area contributed by atoms with E-state index in [1.165, 1.54) is 16.8 Å². The Balaban J connectivity index is 1.90. The second-order valence-electron chi connectivity index (χ2n) is 4.70. The Morgan fingerprint density at radius 2 is 2.41 bits per heavy atom. The van der Waals surface area contributed by atoms with Crippen molar-refractivity contribution >= 4 is 5.52 Å². The Bertz CT molecular complexity index is 512. The van der Waals surface area contributed by atoms with Gasteiger partial charge in [0.2, 0.25) is 0 Å². The quantitative estimate of drug-likeness (QED) is 0.851. The Labute approximate surface area is 101 Å². The maximum atomic E-state index is 5.51. The predicted molar refractivity (Wildman–Crippen MR) is 68.4 cm³/mol. The number of nitrogens with one attached hydrogen (secondary N) is 1. The molecule has 3 heterocycles. The van der Waals surface area contributed by atoms with E-state index >= 15 is 0 Å². The monoisotopic (exact) mass is 230 g/mol. The zero-order chi connectivity index (χ0) is 11.7. The lowest BCUT2D eigenvalue weighted by Gasteiger charge is -2.24. The van der Waals surface area contributed by atoms with Crippen LogP contribution >= 0.6 is 0 Å². The van der Waals surface area contributed by atoms with E-state index in [0.717, 1.165) is 26.2 Å². The lowest BCUT2D eigenvalue weighted by atomic mass is 10.1. The van der Waals surface area contributed by atoms with Gasteiger partial charge in [-0.15, -0.1) is 0 Å². The molecule has 3 heteroatoms. The van der Waals surface area contributed by atoms with Crippen LogP contribution in [0.2, 0.25) is 0 Å². The summed E-state index contributed by atoms with van der Waals surface area (Å²) in [7, 11) is 0. The number of aromatic nitrogens is 1. The molecule has 1 atom stereocenters. The van der Waals surface area contributed by atoms with Crippen molar-refractivity contribution in [2.45, 2.75) is 19.4 Å². The summed E-state index contributed by atoms with van der Waals surface area (Å²) in [6.07, 6.45) is 3.17. The van der Waals surface area contributed by atoms with Crippen molar-refractivity contribution in [2.75, 3.05) is 19.8 Å². The van der Waals surface area contributed by atoms with Crippen LogP contribution in [0.15, 0.2) is 30.5 Å². The van der Waals surface area contributed by atoms with Crippen molar-refractivity contribution in [3.05, 3.63) is 41.7 Å². The summed E-state index contributed by atoms with van der Waals surface area (Å²) in [6, 6.07) is 9.02. The zero-order valence-corrected chi connectivity index (χ0v) is 10.1. The predicted octanol–water partition coefficient (Wildman–Crippen LogP) is 1.78. The molecule has 2 aromatic rings. The first-order valence-electron chi connectivity index (χ1n) is 6.21. The van der Waals surface area contributed by atoms with Gasteiger partial charge in [0, 0.05) is 36.4 Å². The highest BCUT2D eigenvalue weighted by Crippen LogP contribution is 2.17.